The lowest BCUT2D eigenvalue weighted by molar-refractivity contribution is 0.109. The predicted octanol–water partition coefficient (Wildman–Crippen LogP) is -0.239. The molecule has 0 aromatic heterocycles. The summed E-state index contributed by atoms with van der Waals surface area (Å²) in [7, 11) is 0. The lowest BCUT2D eigenvalue weighted by Crippen LogP contribution is -2.36. The van der Waals surface area contributed by atoms with Gasteiger partial charge >= 0.3 is 0 Å². The van der Waals surface area contributed by atoms with Crippen LogP contribution < -0.4 is 0 Å². The van der Waals surface area contributed by atoms with Gasteiger partial charge in [-0.3, -0.25) is 9.80 Å². The second-order valence-electron chi connectivity index (χ2n) is 3.91. The topological polar surface area (TPSA) is 46.9 Å². The molecule has 1 rings (SSSR count). The molecule has 0 bridgehead atoms. The van der Waals surface area contributed by atoms with Crippen LogP contribution in [0.5, 0.6) is 0 Å². The molecule has 0 spiro atoms. The Labute approximate surface area is 100 Å². The maximum Gasteiger partial charge on any atom is 0.0802 e. The average molecular weight is 257 g/mol. The van der Waals surface area contributed by atoms with E-state index in [0.29, 0.717) is 13.1 Å². The number of aliphatic hydroxyl groups excluding tert-OH is 2. The molecular weight excluding hydrogens is 239 g/mol. The fourth-order valence-electron chi connectivity index (χ4n) is 1.70. The molecule has 1 saturated heterocycles. The van der Waals surface area contributed by atoms with Crippen molar-refractivity contribution in [2.75, 3.05) is 44.6 Å². The van der Waals surface area contributed by atoms with Crippen LogP contribution in [0, 0.1) is 0 Å². The van der Waals surface area contributed by atoms with Gasteiger partial charge in [0.25, 0.3) is 0 Å². The number of hydrogen-bond donors (Lipinski definition) is 2. The lowest BCUT2D eigenvalue weighted by atomic mass is 10.4. The number of alkyl halides is 2. The molecule has 0 aromatic rings. The Bertz CT molecular complexity index is 167. The van der Waals surface area contributed by atoms with E-state index in [9.17, 15) is 10.2 Å². The van der Waals surface area contributed by atoms with Gasteiger partial charge in [0.2, 0.25) is 0 Å². The number of hydrogen-bond acceptors (Lipinski definition) is 4. The minimum absolute atomic E-state index is 0.265. The van der Waals surface area contributed by atoms with Crippen LogP contribution in [0.1, 0.15) is 0 Å². The molecule has 2 N–H and O–H groups in total. The van der Waals surface area contributed by atoms with Gasteiger partial charge in [0.05, 0.1) is 18.9 Å². The summed E-state index contributed by atoms with van der Waals surface area (Å²) in [4.78, 5) is 4.24. The summed E-state index contributed by atoms with van der Waals surface area (Å²) in [6, 6.07) is 0. The molecule has 1 aliphatic rings. The van der Waals surface area contributed by atoms with Crippen LogP contribution in [0.25, 0.3) is 0 Å². The molecule has 0 aromatic carbocycles. The van der Waals surface area contributed by atoms with Crippen molar-refractivity contribution in [2.24, 2.45) is 0 Å². The maximum absolute atomic E-state index is 9.37. The number of aliphatic hydroxyl groups is 2. The zero-order valence-corrected chi connectivity index (χ0v) is 10.2. The van der Waals surface area contributed by atoms with Gasteiger partial charge < -0.3 is 10.2 Å². The van der Waals surface area contributed by atoms with Crippen molar-refractivity contribution in [2.45, 2.75) is 12.2 Å². The first kappa shape index (κ1) is 13.5. The molecule has 0 saturated carbocycles. The second kappa shape index (κ2) is 6.89. The van der Waals surface area contributed by atoms with Crippen LogP contribution in [-0.2, 0) is 0 Å². The van der Waals surface area contributed by atoms with Crippen LogP contribution in [0.3, 0.4) is 0 Å². The molecule has 0 radical (unpaired) electrons. The Balaban J connectivity index is 2.20. The van der Waals surface area contributed by atoms with Crippen molar-refractivity contribution < 1.29 is 10.2 Å². The molecule has 2 atom stereocenters. The first-order valence-corrected chi connectivity index (χ1v) is 6.15. The van der Waals surface area contributed by atoms with Crippen molar-refractivity contribution >= 4 is 23.2 Å². The van der Waals surface area contributed by atoms with Gasteiger partial charge in [-0.1, -0.05) is 0 Å². The van der Waals surface area contributed by atoms with Crippen molar-refractivity contribution in [3.63, 3.8) is 0 Å². The Hall–Kier alpha value is 0.420. The van der Waals surface area contributed by atoms with Crippen molar-refractivity contribution in [1.82, 2.24) is 9.80 Å². The van der Waals surface area contributed by atoms with Gasteiger partial charge in [-0.25, -0.2) is 0 Å². The standard InChI is InChI=1S/C9H18Cl2N2O2/c10-3-8(14)5-12-1-2-13(7-12)6-9(15)4-11/h8-9,14-15H,1-7H2. The molecule has 15 heavy (non-hydrogen) atoms. The first-order valence-electron chi connectivity index (χ1n) is 5.08. The maximum atomic E-state index is 9.37. The van der Waals surface area contributed by atoms with Crippen LogP contribution >= 0.6 is 23.2 Å². The third-order valence-corrected chi connectivity index (χ3v) is 3.14. The second-order valence-corrected chi connectivity index (χ2v) is 4.53. The summed E-state index contributed by atoms with van der Waals surface area (Å²) in [5.41, 5.74) is 0. The van der Waals surface area contributed by atoms with E-state index in [1.807, 2.05) is 0 Å². The SMILES string of the molecule is OC(CCl)CN1CCN(CC(O)CCl)C1. The largest absolute Gasteiger partial charge is 0.391 e. The third kappa shape index (κ3) is 4.85. The smallest absolute Gasteiger partial charge is 0.0802 e. The van der Waals surface area contributed by atoms with E-state index >= 15 is 0 Å². The van der Waals surface area contributed by atoms with Crippen LogP contribution in [0.15, 0.2) is 0 Å². The first-order chi connectivity index (χ1) is 7.15. The summed E-state index contributed by atoms with van der Waals surface area (Å²) in [5.74, 6) is 0.529. The molecule has 1 aliphatic heterocycles. The van der Waals surface area contributed by atoms with Gasteiger partial charge in [0, 0.05) is 37.9 Å². The highest BCUT2D eigenvalue weighted by Crippen LogP contribution is 2.07. The van der Waals surface area contributed by atoms with E-state index in [2.05, 4.69) is 9.80 Å². The van der Waals surface area contributed by atoms with Gasteiger partial charge in [0.15, 0.2) is 0 Å². The van der Waals surface area contributed by atoms with Crippen molar-refractivity contribution in [3.05, 3.63) is 0 Å². The summed E-state index contributed by atoms with van der Waals surface area (Å²) in [5, 5.41) is 18.7. The molecule has 0 amide bonds. The normalized spacial score (nSPS) is 23.2. The number of β-amino-alcohol motifs (C(OH)–C–C–N with tert-alkyl or cyclic N) is 2. The zero-order valence-electron chi connectivity index (χ0n) is 8.65. The van der Waals surface area contributed by atoms with Gasteiger partial charge in [0.1, 0.15) is 0 Å². The minimum atomic E-state index is -0.468. The Morgan fingerprint density at radius 3 is 1.67 bits per heavy atom. The quantitative estimate of drug-likeness (QED) is 0.645. The summed E-state index contributed by atoms with van der Waals surface area (Å²) in [6.07, 6.45) is -0.936. The predicted molar refractivity (Wildman–Crippen MR) is 61.5 cm³/mol. The van der Waals surface area contributed by atoms with Gasteiger partial charge in [-0.15, -0.1) is 23.2 Å². The van der Waals surface area contributed by atoms with Crippen LogP contribution in [0.2, 0.25) is 0 Å². The number of rotatable bonds is 6. The minimum Gasteiger partial charge on any atom is -0.391 e. The van der Waals surface area contributed by atoms with Crippen molar-refractivity contribution in [1.29, 1.82) is 0 Å². The Morgan fingerprint density at radius 1 is 0.933 bits per heavy atom. The van der Waals surface area contributed by atoms with Crippen LogP contribution in [0.4, 0.5) is 0 Å². The molecular formula is C9H18Cl2N2O2. The lowest BCUT2D eigenvalue weighted by Gasteiger charge is -2.21. The van der Waals surface area contributed by atoms with E-state index in [0.717, 1.165) is 19.8 Å². The highest BCUT2D eigenvalue weighted by molar-refractivity contribution is 6.18. The van der Waals surface area contributed by atoms with Crippen LogP contribution in [-0.4, -0.2) is 76.8 Å². The summed E-state index contributed by atoms with van der Waals surface area (Å²) < 4.78 is 0. The molecule has 0 aliphatic carbocycles. The summed E-state index contributed by atoms with van der Waals surface area (Å²) in [6.45, 7) is 3.77. The van der Waals surface area contributed by atoms with E-state index in [4.69, 9.17) is 23.2 Å². The molecule has 4 nitrogen and oxygen atoms in total. The Kier molecular flexibility index (Phi) is 6.19. The molecule has 90 valence electrons. The average Bonchev–Trinajstić information content (AvgIpc) is 2.65. The van der Waals surface area contributed by atoms with Crippen molar-refractivity contribution in [3.8, 4) is 0 Å². The van der Waals surface area contributed by atoms with E-state index in [1.165, 1.54) is 0 Å². The number of halogens is 2. The zero-order chi connectivity index (χ0) is 11.3. The van der Waals surface area contributed by atoms with E-state index in [-0.39, 0.29) is 11.8 Å². The number of nitrogens with zero attached hydrogens (tertiary/aromatic N) is 2. The molecule has 2 unspecified atom stereocenters. The summed E-state index contributed by atoms with van der Waals surface area (Å²) >= 11 is 11.1. The van der Waals surface area contributed by atoms with E-state index < -0.39 is 12.2 Å². The molecule has 1 fully saturated rings. The fraction of sp³-hybridized carbons (Fsp3) is 1.00. The highest BCUT2D eigenvalue weighted by atomic mass is 35.5. The van der Waals surface area contributed by atoms with E-state index in [1.54, 1.807) is 0 Å². The molecule has 6 heteroatoms. The van der Waals surface area contributed by atoms with Gasteiger partial charge in [-0.2, -0.15) is 0 Å². The third-order valence-electron chi connectivity index (χ3n) is 2.43. The van der Waals surface area contributed by atoms with Gasteiger partial charge in [-0.05, 0) is 0 Å². The monoisotopic (exact) mass is 256 g/mol. The fourth-order valence-corrected chi connectivity index (χ4v) is 1.89. The Morgan fingerprint density at radius 2 is 1.33 bits per heavy atom. The highest BCUT2D eigenvalue weighted by Gasteiger charge is 2.22. The molecule has 1 heterocycles.